The Bertz CT molecular complexity index is 357. The van der Waals surface area contributed by atoms with E-state index < -0.39 is 0 Å². The summed E-state index contributed by atoms with van der Waals surface area (Å²) in [6, 6.07) is 0.664. The van der Waals surface area contributed by atoms with E-state index in [1.165, 1.54) is 0 Å². The third kappa shape index (κ3) is 3.00. The molecule has 0 bridgehead atoms. The van der Waals surface area contributed by atoms with E-state index in [2.05, 4.69) is 4.90 Å². The molecule has 3 aliphatic rings. The smallest absolute Gasteiger partial charge is 0.219 e. The molecule has 3 aliphatic heterocycles. The van der Waals surface area contributed by atoms with Crippen molar-refractivity contribution in [3.63, 3.8) is 0 Å². The lowest BCUT2D eigenvalue weighted by atomic mass is 9.87. The van der Waals surface area contributed by atoms with Crippen LogP contribution in [0.5, 0.6) is 0 Å². The zero-order valence-electron chi connectivity index (χ0n) is 12.5. The van der Waals surface area contributed by atoms with Crippen LogP contribution in [0.1, 0.15) is 26.2 Å². The van der Waals surface area contributed by atoms with Crippen molar-refractivity contribution >= 4 is 5.91 Å². The highest BCUT2D eigenvalue weighted by molar-refractivity contribution is 5.73. The van der Waals surface area contributed by atoms with Gasteiger partial charge in [-0.3, -0.25) is 9.69 Å². The van der Waals surface area contributed by atoms with E-state index in [1.54, 1.807) is 6.92 Å². The van der Waals surface area contributed by atoms with Crippen molar-refractivity contribution in [1.82, 2.24) is 9.80 Å². The predicted molar refractivity (Wildman–Crippen MR) is 75.5 cm³/mol. The highest BCUT2D eigenvalue weighted by Crippen LogP contribution is 2.35. The normalized spacial score (nSPS) is 33.5. The first-order valence-electron chi connectivity index (χ1n) is 7.84. The Kier molecular flexibility index (Phi) is 4.29. The Morgan fingerprint density at radius 3 is 2.65 bits per heavy atom. The number of rotatable bonds is 1. The number of nitrogens with zero attached hydrogens (tertiary/aromatic N) is 2. The van der Waals surface area contributed by atoms with Crippen LogP contribution in [0.25, 0.3) is 0 Å². The largest absolute Gasteiger partial charge is 0.381 e. The van der Waals surface area contributed by atoms with Gasteiger partial charge in [-0.1, -0.05) is 0 Å². The molecule has 114 valence electrons. The molecule has 20 heavy (non-hydrogen) atoms. The molecule has 3 saturated heterocycles. The van der Waals surface area contributed by atoms with E-state index in [-0.39, 0.29) is 11.3 Å². The lowest BCUT2D eigenvalue weighted by Gasteiger charge is -2.35. The molecule has 1 amide bonds. The van der Waals surface area contributed by atoms with E-state index in [9.17, 15) is 4.79 Å². The average Bonchev–Trinajstić information content (AvgIpc) is 2.75. The Balaban J connectivity index is 1.65. The van der Waals surface area contributed by atoms with Crippen LogP contribution in [0.4, 0.5) is 0 Å². The predicted octanol–water partition coefficient (Wildman–Crippen LogP) is 0.736. The second kappa shape index (κ2) is 6.00. The van der Waals surface area contributed by atoms with Crippen molar-refractivity contribution in [3.8, 4) is 0 Å². The molecule has 3 rings (SSSR count). The topological polar surface area (TPSA) is 42.0 Å². The number of hydrogen-bond acceptors (Lipinski definition) is 4. The maximum absolute atomic E-state index is 11.7. The van der Waals surface area contributed by atoms with Gasteiger partial charge in [0.15, 0.2) is 0 Å². The van der Waals surface area contributed by atoms with Crippen molar-refractivity contribution < 1.29 is 14.3 Å². The standard InChI is InChI=1S/C15H26N2O3/c1-13(18)16-6-9-20-12-15(10-16)4-5-17(11-15)14-2-7-19-8-3-14/h14H,2-12H2,1H3. The minimum Gasteiger partial charge on any atom is -0.381 e. The molecular formula is C15H26N2O3. The molecule has 1 unspecified atom stereocenters. The summed E-state index contributed by atoms with van der Waals surface area (Å²) in [5.41, 5.74) is 0.153. The van der Waals surface area contributed by atoms with Crippen LogP contribution in [0.2, 0.25) is 0 Å². The molecule has 3 fully saturated rings. The van der Waals surface area contributed by atoms with Gasteiger partial charge >= 0.3 is 0 Å². The van der Waals surface area contributed by atoms with Gasteiger partial charge in [-0.2, -0.15) is 0 Å². The second-order valence-electron chi connectivity index (χ2n) is 6.56. The third-order valence-corrected chi connectivity index (χ3v) is 5.06. The molecule has 0 aromatic carbocycles. The minimum absolute atomic E-state index is 0.153. The first-order chi connectivity index (χ1) is 9.69. The summed E-state index contributed by atoms with van der Waals surface area (Å²) in [7, 11) is 0. The van der Waals surface area contributed by atoms with Gasteiger partial charge in [0.05, 0.1) is 13.2 Å². The maximum atomic E-state index is 11.7. The van der Waals surface area contributed by atoms with Crippen molar-refractivity contribution in [2.24, 2.45) is 5.41 Å². The molecule has 5 nitrogen and oxygen atoms in total. The highest BCUT2D eigenvalue weighted by atomic mass is 16.5. The van der Waals surface area contributed by atoms with Crippen LogP contribution in [-0.2, 0) is 14.3 Å². The van der Waals surface area contributed by atoms with E-state index in [0.717, 1.165) is 65.3 Å². The first-order valence-corrected chi connectivity index (χ1v) is 7.84. The van der Waals surface area contributed by atoms with Crippen LogP contribution in [0.15, 0.2) is 0 Å². The molecular weight excluding hydrogens is 256 g/mol. The zero-order chi connectivity index (χ0) is 14.0. The maximum Gasteiger partial charge on any atom is 0.219 e. The molecule has 0 N–H and O–H groups in total. The fraction of sp³-hybridized carbons (Fsp3) is 0.933. The number of likely N-dealkylation sites (tertiary alicyclic amines) is 1. The molecule has 5 heteroatoms. The Morgan fingerprint density at radius 1 is 1.10 bits per heavy atom. The summed E-state index contributed by atoms with van der Waals surface area (Å²) >= 11 is 0. The van der Waals surface area contributed by atoms with Crippen molar-refractivity contribution in [2.75, 3.05) is 52.6 Å². The zero-order valence-corrected chi connectivity index (χ0v) is 12.5. The quantitative estimate of drug-likeness (QED) is 0.711. The van der Waals surface area contributed by atoms with Gasteiger partial charge in [-0.05, 0) is 25.8 Å². The number of carbonyl (C=O) groups is 1. The second-order valence-corrected chi connectivity index (χ2v) is 6.56. The molecule has 3 heterocycles. The lowest BCUT2D eigenvalue weighted by molar-refractivity contribution is -0.129. The van der Waals surface area contributed by atoms with Gasteiger partial charge in [0.2, 0.25) is 5.91 Å². The Morgan fingerprint density at radius 2 is 1.90 bits per heavy atom. The number of ether oxygens (including phenoxy) is 2. The van der Waals surface area contributed by atoms with Crippen LogP contribution < -0.4 is 0 Å². The average molecular weight is 282 g/mol. The fourth-order valence-electron chi connectivity index (χ4n) is 3.84. The van der Waals surface area contributed by atoms with Crippen molar-refractivity contribution in [3.05, 3.63) is 0 Å². The molecule has 0 radical (unpaired) electrons. The summed E-state index contributed by atoms with van der Waals surface area (Å²) in [6.07, 6.45) is 3.44. The van der Waals surface area contributed by atoms with Gasteiger partial charge in [0.25, 0.3) is 0 Å². The first kappa shape index (κ1) is 14.3. The van der Waals surface area contributed by atoms with Crippen LogP contribution >= 0.6 is 0 Å². The third-order valence-electron chi connectivity index (χ3n) is 5.06. The molecule has 0 saturated carbocycles. The van der Waals surface area contributed by atoms with Gasteiger partial charge < -0.3 is 14.4 Å². The van der Waals surface area contributed by atoms with E-state index >= 15 is 0 Å². The molecule has 0 aromatic heterocycles. The summed E-state index contributed by atoms with van der Waals surface area (Å²) < 4.78 is 11.3. The lowest BCUT2D eigenvalue weighted by Crippen LogP contribution is -2.44. The molecule has 0 aliphatic carbocycles. The SMILES string of the molecule is CC(=O)N1CCOCC2(CCN(C3CCOCC3)C2)C1. The highest BCUT2D eigenvalue weighted by Gasteiger charge is 2.43. The van der Waals surface area contributed by atoms with Gasteiger partial charge in [0.1, 0.15) is 0 Å². The summed E-state index contributed by atoms with van der Waals surface area (Å²) in [5, 5.41) is 0. The van der Waals surface area contributed by atoms with E-state index in [4.69, 9.17) is 9.47 Å². The molecule has 0 aromatic rings. The van der Waals surface area contributed by atoms with E-state index in [0.29, 0.717) is 12.6 Å². The summed E-state index contributed by atoms with van der Waals surface area (Å²) in [5.74, 6) is 0.180. The monoisotopic (exact) mass is 282 g/mol. The number of amides is 1. The van der Waals surface area contributed by atoms with Crippen molar-refractivity contribution in [1.29, 1.82) is 0 Å². The van der Waals surface area contributed by atoms with Gasteiger partial charge in [-0.25, -0.2) is 0 Å². The van der Waals surface area contributed by atoms with Crippen molar-refractivity contribution in [2.45, 2.75) is 32.2 Å². The van der Waals surface area contributed by atoms with Crippen LogP contribution in [0.3, 0.4) is 0 Å². The molecule has 1 atom stereocenters. The van der Waals surface area contributed by atoms with Gasteiger partial charge in [0, 0.05) is 51.2 Å². The summed E-state index contributed by atoms with van der Waals surface area (Å²) in [4.78, 5) is 16.3. The Labute approximate surface area is 121 Å². The minimum atomic E-state index is 0.153. The number of carbonyl (C=O) groups excluding carboxylic acids is 1. The van der Waals surface area contributed by atoms with Crippen LogP contribution in [0, 0.1) is 5.41 Å². The summed E-state index contributed by atoms with van der Waals surface area (Å²) in [6.45, 7) is 8.76. The molecule has 1 spiro atoms. The number of hydrogen-bond donors (Lipinski definition) is 0. The fourth-order valence-corrected chi connectivity index (χ4v) is 3.84. The Hall–Kier alpha value is -0.650. The van der Waals surface area contributed by atoms with Crippen LogP contribution in [-0.4, -0.2) is 74.4 Å². The van der Waals surface area contributed by atoms with Gasteiger partial charge in [-0.15, -0.1) is 0 Å². The van der Waals surface area contributed by atoms with E-state index in [1.807, 2.05) is 4.90 Å².